The molecule has 1 aliphatic heterocycles. The number of hydrogen-bond donors (Lipinski definition) is 0. The third-order valence-corrected chi connectivity index (χ3v) is 1.82. The van der Waals surface area contributed by atoms with Crippen LogP contribution in [0.1, 0.15) is 25.0 Å². The molecule has 13 heavy (non-hydrogen) atoms. The molecule has 1 nitrogen and oxygen atoms in total. The summed E-state index contributed by atoms with van der Waals surface area (Å²) < 4.78 is 5.33. The van der Waals surface area contributed by atoms with Gasteiger partial charge < -0.3 is 4.74 Å². The molecule has 70 valence electrons. The molecule has 1 heterocycles. The Kier molecular flexibility index (Phi) is 4.27. The molecule has 0 atom stereocenters. The molecule has 0 unspecified atom stereocenters. The lowest BCUT2D eigenvalue weighted by molar-refractivity contribution is 0.150. The summed E-state index contributed by atoms with van der Waals surface area (Å²) in [6.45, 7) is 5.47. The van der Waals surface area contributed by atoms with Crippen LogP contribution in [0.15, 0.2) is 30.3 Å². The summed E-state index contributed by atoms with van der Waals surface area (Å²) >= 11 is 0. The first-order chi connectivity index (χ1) is 6.47. The van der Waals surface area contributed by atoms with Gasteiger partial charge in [0, 0.05) is 0 Å². The lowest BCUT2D eigenvalue weighted by Crippen LogP contribution is -1.90. The van der Waals surface area contributed by atoms with Crippen molar-refractivity contribution < 1.29 is 4.74 Å². The molecule has 0 N–H and O–H groups in total. The van der Waals surface area contributed by atoms with Crippen molar-refractivity contribution in [2.75, 3.05) is 6.61 Å². The minimum absolute atomic E-state index is 0.731. The van der Waals surface area contributed by atoms with Crippen LogP contribution in [0, 0.1) is 0 Å². The van der Waals surface area contributed by atoms with E-state index in [1.54, 1.807) is 0 Å². The van der Waals surface area contributed by atoms with Crippen molar-refractivity contribution in [3.63, 3.8) is 0 Å². The van der Waals surface area contributed by atoms with E-state index < -0.39 is 0 Å². The molecule has 0 bridgehead atoms. The first-order valence-corrected chi connectivity index (χ1v) is 4.79. The van der Waals surface area contributed by atoms with Crippen LogP contribution in [0.5, 0.6) is 0 Å². The van der Waals surface area contributed by atoms with Gasteiger partial charge >= 0.3 is 0 Å². The minimum Gasteiger partial charge on any atom is -0.373 e. The van der Waals surface area contributed by atoms with Crippen molar-refractivity contribution >= 4 is 6.08 Å². The Morgan fingerprint density at radius 1 is 1.15 bits per heavy atom. The number of ether oxygens (including phenoxy) is 1. The normalized spacial score (nSPS) is 13.7. The first-order valence-electron chi connectivity index (χ1n) is 4.79. The minimum atomic E-state index is 0.731. The van der Waals surface area contributed by atoms with E-state index in [0.29, 0.717) is 0 Å². The van der Waals surface area contributed by atoms with E-state index in [0.717, 1.165) is 13.2 Å². The fourth-order valence-corrected chi connectivity index (χ4v) is 1.24. The Morgan fingerprint density at radius 2 is 1.92 bits per heavy atom. The highest BCUT2D eigenvalue weighted by atomic mass is 16.5. The Labute approximate surface area is 80.0 Å². The van der Waals surface area contributed by atoms with Gasteiger partial charge in [0.2, 0.25) is 0 Å². The molecule has 1 heteroatoms. The summed E-state index contributed by atoms with van der Waals surface area (Å²) in [4.78, 5) is 0. The third-order valence-electron chi connectivity index (χ3n) is 1.82. The number of rotatable bonds is 0. The molecule has 0 aromatic heterocycles. The molecule has 1 aromatic rings. The van der Waals surface area contributed by atoms with Gasteiger partial charge in [-0.2, -0.15) is 0 Å². The fourth-order valence-electron chi connectivity index (χ4n) is 1.24. The largest absolute Gasteiger partial charge is 0.373 e. The predicted octanol–water partition coefficient (Wildman–Crippen LogP) is 3.26. The SMILES string of the molecule is C1=Cc2ccccc2COC1.CC. The monoisotopic (exact) mass is 176 g/mol. The van der Waals surface area contributed by atoms with Crippen molar-refractivity contribution in [2.24, 2.45) is 0 Å². The van der Waals surface area contributed by atoms with Crippen LogP contribution < -0.4 is 0 Å². The molecule has 1 aromatic carbocycles. The molecule has 0 aliphatic carbocycles. The number of benzene rings is 1. The molecule has 0 fully saturated rings. The molecule has 2 rings (SSSR count). The topological polar surface area (TPSA) is 9.23 Å². The van der Waals surface area contributed by atoms with Crippen LogP contribution in [0.3, 0.4) is 0 Å². The van der Waals surface area contributed by atoms with Crippen LogP contribution in [0.4, 0.5) is 0 Å². The lowest BCUT2D eigenvalue weighted by Gasteiger charge is -2.01. The Bertz CT molecular complexity index is 276. The number of hydrogen-bond acceptors (Lipinski definition) is 1. The number of fused-ring (bicyclic) bond motifs is 1. The zero-order valence-electron chi connectivity index (χ0n) is 8.29. The summed E-state index contributed by atoms with van der Waals surface area (Å²) in [6.07, 6.45) is 4.16. The Morgan fingerprint density at radius 3 is 2.77 bits per heavy atom. The zero-order valence-corrected chi connectivity index (χ0v) is 8.29. The van der Waals surface area contributed by atoms with E-state index in [4.69, 9.17) is 4.74 Å². The van der Waals surface area contributed by atoms with Crippen molar-refractivity contribution in [3.8, 4) is 0 Å². The van der Waals surface area contributed by atoms with Crippen LogP contribution in [-0.4, -0.2) is 6.61 Å². The molecule has 0 saturated heterocycles. The standard InChI is InChI=1S/C10H10O.C2H6/c1-2-5-10-8-11-7-3-6-9(10)4-1;1-2/h1-6H,7-8H2;1-2H3. The average Bonchev–Trinajstić information content (AvgIpc) is 2.45. The van der Waals surface area contributed by atoms with Gasteiger partial charge in [0.25, 0.3) is 0 Å². The van der Waals surface area contributed by atoms with Gasteiger partial charge in [0.05, 0.1) is 13.2 Å². The van der Waals surface area contributed by atoms with Crippen molar-refractivity contribution in [2.45, 2.75) is 20.5 Å². The van der Waals surface area contributed by atoms with Gasteiger partial charge in [-0.3, -0.25) is 0 Å². The fraction of sp³-hybridized carbons (Fsp3) is 0.333. The van der Waals surface area contributed by atoms with Crippen LogP contribution in [0.25, 0.3) is 6.08 Å². The van der Waals surface area contributed by atoms with E-state index in [-0.39, 0.29) is 0 Å². The maximum atomic E-state index is 5.33. The van der Waals surface area contributed by atoms with Crippen molar-refractivity contribution in [1.29, 1.82) is 0 Å². The van der Waals surface area contributed by atoms with E-state index in [1.165, 1.54) is 11.1 Å². The molecule has 0 radical (unpaired) electrons. The summed E-state index contributed by atoms with van der Waals surface area (Å²) in [5.74, 6) is 0. The lowest BCUT2D eigenvalue weighted by atomic mass is 10.1. The van der Waals surface area contributed by atoms with Gasteiger partial charge in [-0.15, -0.1) is 0 Å². The van der Waals surface area contributed by atoms with Gasteiger partial charge in [-0.1, -0.05) is 50.3 Å². The van der Waals surface area contributed by atoms with Crippen molar-refractivity contribution in [3.05, 3.63) is 41.5 Å². The van der Waals surface area contributed by atoms with Gasteiger partial charge in [-0.05, 0) is 11.1 Å². The highest BCUT2D eigenvalue weighted by Gasteiger charge is 2.00. The van der Waals surface area contributed by atoms with Crippen LogP contribution in [-0.2, 0) is 11.3 Å². The maximum absolute atomic E-state index is 5.33. The van der Waals surface area contributed by atoms with E-state index in [9.17, 15) is 0 Å². The smallest absolute Gasteiger partial charge is 0.0726 e. The molecular weight excluding hydrogens is 160 g/mol. The zero-order chi connectivity index (χ0) is 9.52. The average molecular weight is 176 g/mol. The summed E-state index contributed by atoms with van der Waals surface area (Å²) in [6, 6.07) is 8.31. The summed E-state index contributed by atoms with van der Waals surface area (Å²) in [5, 5.41) is 0. The Hall–Kier alpha value is -1.08. The Balaban J connectivity index is 0.000000396. The van der Waals surface area contributed by atoms with E-state index in [1.807, 2.05) is 26.0 Å². The van der Waals surface area contributed by atoms with E-state index >= 15 is 0 Å². The summed E-state index contributed by atoms with van der Waals surface area (Å²) in [7, 11) is 0. The molecule has 1 aliphatic rings. The van der Waals surface area contributed by atoms with Crippen LogP contribution in [0.2, 0.25) is 0 Å². The second kappa shape index (κ2) is 5.55. The molecule has 0 spiro atoms. The van der Waals surface area contributed by atoms with E-state index in [2.05, 4.69) is 24.3 Å². The molecule has 0 saturated carbocycles. The van der Waals surface area contributed by atoms with Gasteiger partial charge in [0.15, 0.2) is 0 Å². The maximum Gasteiger partial charge on any atom is 0.0726 e. The second-order valence-corrected chi connectivity index (χ2v) is 2.62. The van der Waals surface area contributed by atoms with Crippen LogP contribution >= 0.6 is 0 Å². The summed E-state index contributed by atoms with van der Waals surface area (Å²) in [5.41, 5.74) is 2.56. The molecular formula is C12H16O. The van der Waals surface area contributed by atoms with Gasteiger partial charge in [0.1, 0.15) is 0 Å². The second-order valence-electron chi connectivity index (χ2n) is 2.62. The third kappa shape index (κ3) is 2.71. The highest BCUT2D eigenvalue weighted by Crippen LogP contribution is 2.14. The van der Waals surface area contributed by atoms with Gasteiger partial charge in [-0.25, -0.2) is 0 Å². The molecule has 0 amide bonds. The predicted molar refractivity (Wildman–Crippen MR) is 56.5 cm³/mol. The first kappa shape index (κ1) is 10.0. The highest BCUT2D eigenvalue weighted by molar-refractivity contribution is 5.54. The quantitative estimate of drug-likeness (QED) is 0.589. The van der Waals surface area contributed by atoms with Crippen molar-refractivity contribution in [1.82, 2.24) is 0 Å².